The van der Waals surface area contributed by atoms with Crippen molar-refractivity contribution in [3.8, 4) is 5.75 Å². The average molecular weight is 431 g/mol. The second-order valence-electron chi connectivity index (χ2n) is 6.27. The van der Waals surface area contributed by atoms with E-state index in [1.54, 1.807) is 36.4 Å². The number of rotatable bonds is 7. The fraction of sp³-hybridized carbons (Fsp3) is 0.0952. The number of nitrogens with one attached hydrogen (secondary N) is 2. The van der Waals surface area contributed by atoms with Gasteiger partial charge < -0.3 is 10.1 Å². The van der Waals surface area contributed by atoms with E-state index in [-0.39, 0.29) is 28.2 Å². The minimum absolute atomic E-state index is 0.0112. The maximum Gasteiger partial charge on any atom is 0.262 e. The van der Waals surface area contributed by atoms with E-state index < -0.39 is 10.0 Å². The maximum absolute atomic E-state index is 12.5. The van der Waals surface area contributed by atoms with Crippen LogP contribution in [-0.2, 0) is 14.8 Å². The second kappa shape index (κ2) is 8.98. The summed E-state index contributed by atoms with van der Waals surface area (Å²) in [4.78, 5) is 12.0. The Morgan fingerprint density at radius 1 is 0.966 bits per heavy atom. The number of carbonyl (C=O) groups excluding carboxylic acids is 1. The monoisotopic (exact) mass is 430 g/mol. The number of halogens is 1. The molecule has 3 rings (SSSR count). The number of aryl methyl sites for hydroxylation is 1. The van der Waals surface area contributed by atoms with Crippen molar-refractivity contribution in [3.63, 3.8) is 0 Å². The van der Waals surface area contributed by atoms with Gasteiger partial charge in [0.2, 0.25) is 0 Å². The van der Waals surface area contributed by atoms with Crippen LogP contribution in [0.15, 0.2) is 77.7 Å². The summed E-state index contributed by atoms with van der Waals surface area (Å²) in [5, 5.41) is 2.81. The number of carbonyl (C=O) groups is 1. The van der Waals surface area contributed by atoms with Gasteiger partial charge in [-0.15, -0.1) is 0 Å². The molecule has 0 saturated carbocycles. The van der Waals surface area contributed by atoms with Gasteiger partial charge in [0.1, 0.15) is 5.75 Å². The molecule has 0 unspecified atom stereocenters. The zero-order valence-corrected chi connectivity index (χ0v) is 17.1. The third-order valence-corrected chi connectivity index (χ3v) is 5.57. The molecule has 0 aliphatic carbocycles. The summed E-state index contributed by atoms with van der Waals surface area (Å²) < 4.78 is 32.9. The van der Waals surface area contributed by atoms with Crippen LogP contribution in [0, 0.1) is 6.92 Å². The van der Waals surface area contributed by atoms with Gasteiger partial charge >= 0.3 is 0 Å². The van der Waals surface area contributed by atoms with Crippen LogP contribution < -0.4 is 14.8 Å². The molecule has 0 aromatic heterocycles. The van der Waals surface area contributed by atoms with Gasteiger partial charge in [-0.1, -0.05) is 41.9 Å². The normalized spacial score (nSPS) is 11.0. The molecule has 2 N–H and O–H groups in total. The molecule has 0 aliphatic heterocycles. The van der Waals surface area contributed by atoms with E-state index in [1.165, 1.54) is 18.2 Å². The number of para-hydroxylation sites is 1. The molecule has 8 heteroatoms. The lowest BCUT2D eigenvalue weighted by molar-refractivity contribution is -0.118. The molecule has 3 aromatic rings. The summed E-state index contributed by atoms with van der Waals surface area (Å²) >= 11 is 6.15. The highest BCUT2D eigenvalue weighted by atomic mass is 35.5. The van der Waals surface area contributed by atoms with E-state index in [9.17, 15) is 13.2 Å². The van der Waals surface area contributed by atoms with Gasteiger partial charge in [0, 0.05) is 11.4 Å². The van der Waals surface area contributed by atoms with Crippen LogP contribution in [0.5, 0.6) is 5.75 Å². The molecule has 0 radical (unpaired) electrons. The van der Waals surface area contributed by atoms with Gasteiger partial charge in [-0.25, -0.2) is 8.42 Å². The second-order valence-corrected chi connectivity index (χ2v) is 8.36. The summed E-state index contributed by atoms with van der Waals surface area (Å²) in [6.45, 7) is 1.66. The molecule has 150 valence electrons. The Bertz CT molecular complexity index is 1120. The number of anilines is 2. The lowest BCUT2D eigenvalue weighted by Gasteiger charge is -2.12. The predicted molar refractivity (Wildman–Crippen MR) is 114 cm³/mol. The Morgan fingerprint density at radius 3 is 2.38 bits per heavy atom. The summed E-state index contributed by atoms with van der Waals surface area (Å²) in [6, 6.07) is 20.0. The number of hydrogen-bond donors (Lipinski definition) is 2. The maximum atomic E-state index is 12.5. The van der Waals surface area contributed by atoms with E-state index in [1.807, 2.05) is 25.1 Å². The zero-order valence-electron chi connectivity index (χ0n) is 15.6. The highest BCUT2D eigenvalue weighted by Gasteiger charge is 2.17. The van der Waals surface area contributed by atoms with E-state index in [0.717, 1.165) is 5.56 Å². The van der Waals surface area contributed by atoms with Crippen LogP contribution in [0.3, 0.4) is 0 Å². The Balaban J connectivity index is 1.64. The topological polar surface area (TPSA) is 84.5 Å². The summed E-state index contributed by atoms with van der Waals surface area (Å²) in [7, 11) is -3.80. The van der Waals surface area contributed by atoms with Crippen molar-refractivity contribution in [2.75, 3.05) is 16.6 Å². The van der Waals surface area contributed by atoms with Gasteiger partial charge in [-0.2, -0.15) is 0 Å². The third kappa shape index (κ3) is 5.73. The number of amides is 1. The van der Waals surface area contributed by atoms with Crippen molar-refractivity contribution in [3.05, 3.63) is 83.4 Å². The quantitative estimate of drug-likeness (QED) is 0.579. The van der Waals surface area contributed by atoms with Crippen LogP contribution in [0.1, 0.15) is 5.56 Å². The predicted octanol–water partition coefficient (Wildman–Crippen LogP) is 4.47. The molecule has 0 bridgehead atoms. The molecule has 1 amide bonds. The molecule has 3 aromatic carbocycles. The summed E-state index contributed by atoms with van der Waals surface area (Å²) in [5.74, 6) is -0.140. The third-order valence-electron chi connectivity index (χ3n) is 3.90. The van der Waals surface area contributed by atoms with Crippen molar-refractivity contribution < 1.29 is 17.9 Å². The number of benzene rings is 3. The number of sulfonamides is 1. The molecular weight excluding hydrogens is 412 g/mol. The first kappa shape index (κ1) is 20.7. The van der Waals surface area contributed by atoms with Crippen LogP contribution in [0.25, 0.3) is 0 Å². The molecule has 0 saturated heterocycles. The molecular formula is C21H19ClN2O4S. The molecule has 0 fully saturated rings. The fourth-order valence-electron chi connectivity index (χ4n) is 2.55. The zero-order chi connectivity index (χ0) is 20.9. The van der Waals surface area contributed by atoms with Crippen molar-refractivity contribution in [2.45, 2.75) is 11.8 Å². The number of hydrogen-bond acceptors (Lipinski definition) is 4. The van der Waals surface area contributed by atoms with Gasteiger partial charge in [-0.05, 0) is 55.0 Å². The first-order chi connectivity index (χ1) is 13.8. The molecule has 0 heterocycles. The first-order valence-corrected chi connectivity index (χ1v) is 10.6. The lowest BCUT2D eigenvalue weighted by Crippen LogP contribution is -2.20. The van der Waals surface area contributed by atoms with Crippen LogP contribution in [-0.4, -0.2) is 20.9 Å². The fourth-order valence-corrected chi connectivity index (χ4v) is 3.93. The Labute approximate surface area is 174 Å². The van der Waals surface area contributed by atoms with Gasteiger partial charge in [0.25, 0.3) is 15.9 Å². The summed E-state index contributed by atoms with van der Waals surface area (Å²) in [6.07, 6.45) is 0. The van der Waals surface area contributed by atoms with E-state index in [2.05, 4.69) is 10.0 Å². The molecule has 0 atom stereocenters. The molecule has 0 aliphatic rings. The Hall–Kier alpha value is -3.03. The highest BCUT2D eigenvalue weighted by Crippen LogP contribution is 2.28. The average Bonchev–Trinajstić information content (AvgIpc) is 2.67. The SMILES string of the molecule is Cc1cccc(NC(=O)COc2ccc(S(=O)(=O)Nc3ccccc3)cc2Cl)c1. The van der Waals surface area contributed by atoms with E-state index in [4.69, 9.17) is 16.3 Å². The molecule has 29 heavy (non-hydrogen) atoms. The van der Waals surface area contributed by atoms with E-state index >= 15 is 0 Å². The minimum atomic E-state index is -3.80. The smallest absolute Gasteiger partial charge is 0.262 e. The van der Waals surface area contributed by atoms with E-state index in [0.29, 0.717) is 11.4 Å². The lowest BCUT2D eigenvalue weighted by atomic mass is 10.2. The van der Waals surface area contributed by atoms with Crippen molar-refractivity contribution in [1.29, 1.82) is 0 Å². The van der Waals surface area contributed by atoms with Gasteiger partial charge in [0.15, 0.2) is 6.61 Å². The largest absolute Gasteiger partial charge is 0.482 e. The van der Waals surface area contributed by atoms with Gasteiger partial charge in [0.05, 0.1) is 9.92 Å². The van der Waals surface area contributed by atoms with Crippen LogP contribution >= 0.6 is 11.6 Å². The van der Waals surface area contributed by atoms with Crippen molar-refractivity contribution in [2.24, 2.45) is 0 Å². The molecule has 0 spiro atoms. The minimum Gasteiger partial charge on any atom is -0.482 e. The summed E-state index contributed by atoms with van der Waals surface area (Å²) in [5.41, 5.74) is 2.13. The van der Waals surface area contributed by atoms with Crippen LogP contribution in [0.4, 0.5) is 11.4 Å². The first-order valence-electron chi connectivity index (χ1n) is 8.70. The Kier molecular flexibility index (Phi) is 6.41. The highest BCUT2D eigenvalue weighted by molar-refractivity contribution is 7.92. The Morgan fingerprint density at radius 2 is 1.69 bits per heavy atom. The standard InChI is InChI=1S/C21H19ClN2O4S/c1-15-6-5-9-17(12-15)23-21(25)14-28-20-11-10-18(13-19(20)22)29(26,27)24-16-7-3-2-4-8-16/h2-13,24H,14H2,1H3,(H,23,25). The van der Waals surface area contributed by atoms with Crippen molar-refractivity contribution in [1.82, 2.24) is 0 Å². The van der Waals surface area contributed by atoms with Crippen molar-refractivity contribution >= 4 is 38.9 Å². The van der Waals surface area contributed by atoms with Crippen LogP contribution in [0.2, 0.25) is 5.02 Å². The van der Waals surface area contributed by atoms with Gasteiger partial charge in [-0.3, -0.25) is 9.52 Å². The molecule has 6 nitrogen and oxygen atoms in total. The number of ether oxygens (including phenoxy) is 1.